The first kappa shape index (κ1) is 27.0. The summed E-state index contributed by atoms with van der Waals surface area (Å²) in [6.07, 6.45) is 1.66. The third-order valence-electron chi connectivity index (χ3n) is 7.45. The molecule has 1 amide bonds. The van der Waals surface area contributed by atoms with Crippen LogP contribution in [0.5, 0.6) is 0 Å². The molecule has 194 valence electrons. The molecule has 36 heavy (non-hydrogen) atoms. The van der Waals surface area contributed by atoms with Crippen LogP contribution >= 0.6 is 23.2 Å². The van der Waals surface area contributed by atoms with Crippen molar-refractivity contribution in [1.82, 2.24) is 4.90 Å². The van der Waals surface area contributed by atoms with Gasteiger partial charge in [-0.3, -0.25) is 9.59 Å². The number of carbonyl (C=O) groups excluding carboxylic acids is 1. The predicted molar refractivity (Wildman–Crippen MR) is 141 cm³/mol. The molecule has 2 aromatic carbocycles. The summed E-state index contributed by atoms with van der Waals surface area (Å²) in [4.78, 5) is 27.7. The molecule has 2 aromatic rings. The molecule has 0 spiro atoms. The molecule has 1 aliphatic heterocycles. The number of rotatable bonds is 9. The second-order valence-corrected chi connectivity index (χ2v) is 13.5. The summed E-state index contributed by atoms with van der Waals surface area (Å²) in [5.74, 6) is -1.85. The number of likely N-dealkylation sites (tertiary alicyclic amines) is 1. The zero-order valence-corrected chi connectivity index (χ0v) is 22.7. The van der Waals surface area contributed by atoms with E-state index >= 15 is 0 Å². The first-order chi connectivity index (χ1) is 16.9. The van der Waals surface area contributed by atoms with Crippen LogP contribution in [-0.2, 0) is 19.4 Å². The van der Waals surface area contributed by atoms with Gasteiger partial charge in [0.1, 0.15) is 0 Å². The van der Waals surface area contributed by atoms with Crippen molar-refractivity contribution < 1.29 is 23.1 Å². The number of hydrogen-bond donors (Lipinski definition) is 1. The van der Waals surface area contributed by atoms with Gasteiger partial charge in [0.05, 0.1) is 28.9 Å². The van der Waals surface area contributed by atoms with Gasteiger partial charge in [0, 0.05) is 22.0 Å². The van der Waals surface area contributed by atoms with Gasteiger partial charge in [-0.15, -0.1) is 0 Å². The third kappa shape index (κ3) is 5.58. The molecule has 1 heterocycles. The number of hydrogen-bond acceptors (Lipinski definition) is 4. The molecule has 2 aliphatic rings. The molecule has 0 bridgehead atoms. The van der Waals surface area contributed by atoms with Crippen molar-refractivity contribution in [2.45, 2.75) is 69.2 Å². The van der Waals surface area contributed by atoms with Gasteiger partial charge in [0.15, 0.2) is 9.84 Å². The highest BCUT2D eigenvalue weighted by Gasteiger charge is 2.53. The van der Waals surface area contributed by atoms with Gasteiger partial charge in [0.25, 0.3) is 0 Å². The van der Waals surface area contributed by atoms with Crippen molar-refractivity contribution in [3.8, 4) is 0 Å². The largest absolute Gasteiger partial charge is 0.481 e. The number of piperidine rings is 1. The molecule has 0 unspecified atom stereocenters. The molecule has 2 fully saturated rings. The average molecular weight is 553 g/mol. The summed E-state index contributed by atoms with van der Waals surface area (Å²) in [7, 11) is -3.39. The Labute approximate surface area is 222 Å². The van der Waals surface area contributed by atoms with E-state index < -0.39 is 33.3 Å². The van der Waals surface area contributed by atoms with Gasteiger partial charge in [-0.25, -0.2) is 8.42 Å². The highest BCUT2D eigenvalue weighted by atomic mass is 35.5. The quantitative estimate of drug-likeness (QED) is 0.419. The monoisotopic (exact) mass is 551 g/mol. The maximum absolute atomic E-state index is 14.2. The lowest BCUT2D eigenvalue weighted by Gasteiger charge is -2.51. The van der Waals surface area contributed by atoms with Crippen molar-refractivity contribution in [1.29, 1.82) is 0 Å². The molecular formula is C27H31Cl2NO5S. The maximum Gasteiger partial charge on any atom is 0.304 e. The lowest BCUT2D eigenvalue weighted by atomic mass is 9.67. The fourth-order valence-corrected chi connectivity index (χ4v) is 7.89. The lowest BCUT2D eigenvalue weighted by Crippen LogP contribution is -2.57. The van der Waals surface area contributed by atoms with Crippen molar-refractivity contribution in [3.05, 3.63) is 69.7 Å². The standard InChI is InChI=1S/C27H31Cl2NO5S/c1-3-21(16-36(34,35)22-11-12-22)30-25(17-7-9-19(28)10-8-17)23(18-5-4-6-20(29)13-18)14-27(2,26(30)33)15-24(31)32/h4-10,13,21-23,25H,3,11-12,14-16H2,1-2H3,(H,31,32)/t21-,23+,25+,27-/m0/s1. The molecule has 1 N–H and O–H groups in total. The van der Waals surface area contributed by atoms with Gasteiger partial charge in [0.2, 0.25) is 5.91 Å². The van der Waals surface area contributed by atoms with Crippen LogP contribution in [0.4, 0.5) is 0 Å². The van der Waals surface area contributed by atoms with Crippen LogP contribution in [0.15, 0.2) is 48.5 Å². The molecule has 1 saturated heterocycles. The summed E-state index contributed by atoms with van der Waals surface area (Å²) in [5.41, 5.74) is 0.479. The van der Waals surface area contributed by atoms with Gasteiger partial charge >= 0.3 is 5.97 Å². The van der Waals surface area contributed by atoms with Crippen LogP contribution in [0, 0.1) is 5.41 Å². The van der Waals surface area contributed by atoms with Gasteiger partial charge in [-0.1, -0.05) is 61.3 Å². The van der Waals surface area contributed by atoms with E-state index in [0.29, 0.717) is 29.3 Å². The number of carboxylic acids is 1. The van der Waals surface area contributed by atoms with E-state index in [9.17, 15) is 23.1 Å². The normalized spacial score (nSPS) is 25.6. The number of carboxylic acid groups (broad SMARTS) is 1. The average Bonchev–Trinajstić information content (AvgIpc) is 3.66. The Morgan fingerprint density at radius 3 is 2.33 bits per heavy atom. The van der Waals surface area contributed by atoms with Crippen LogP contribution in [0.1, 0.15) is 69.0 Å². The van der Waals surface area contributed by atoms with Gasteiger partial charge < -0.3 is 10.0 Å². The summed E-state index contributed by atoms with van der Waals surface area (Å²) in [5, 5.41) is 10.4. The van der Waals surface area contributed by atoms with Crippen LogP contribution in [0.25, 0.3) is 0 Å². The Hall–Kier alpha value is -2.09. The summed E-state index contributed by atoms with van der Waals surface area (Å²) in [6.45, 7) is 3.55. The van der Waals surface area contributed by atoms with E-state index in [1.807, 2.05) is 37.3 Å². The number of benzene rings is 2. The number of carbonyl (C=O) groups is 2. The van der Waals surface area contributed by atoms with E-state index in [1.54, 1.807) is 30.0 Å². The SMILES string of the molecule is CC[C@@H](CS(=O)(=O)C1CC1)N1C(=O)[C@](C)(CC(=O)O)C[C@H](c2cccc(Cl)c2)[C@H]1c1ccc(Cl)cc1. The van der Waals surface area contributed by atoms with Crippen molar-refractivity contribution in [2.75, 3.05) is 5.75 Å². The summed E-state index contributed by atoms with van der Waals surface area (Å²) in [6, 6.07) is 13.5. The Morgan fingerprint density at radius 1 is 1.11 bits per heavy atom. The topological polar surface area (TPSA) is 91.8 Å². The van der Waals surface area contributed by atoms with E-state index in [-0.39, 0.29) is 35.7 Å². The Kier molecular flexibility index (Phi) is 7.75. The predicted octanol–water partition coefficient (Wildman–Crippen LogP) is 5.89. The Balaban J connectivity index is 1.89. The fourth-order valence-electron chi connectivity index (χ4n) is 5.51. The lowest BCUT2D eigenvalue weighted by molar-refractivity contribution is -0.160. The fraction of sp³-hybridized carbons (Fsp3) is 0.481. The Bertz CT molecular complexity index is 1250. The second-order valence-electron chi connectivity index (χ2n) is 10.3. The maximum atomic E-state index is 14.2. The molecule has 4 rings (SSSR count). The second kappa shape index (κ2) is 10.3. The van der Waals surface area contributed by atoms with Crippen LogP contribution in [0.3, 0.4) is 0 Å². The minimum atomic E-state index is -3.39. The zero-order chi connectivity index (χ0) is 26.3. The first-order valence-electron chi connectivity index (χ1n) is 12.2. The van der Waals surface area contributed by atoms with Crippen LogP contribution in [-0.4, -0.2) is 47.3 Å². The molecule has 6 nitrogen and oxygen atoms in total. The molecule has 1 saturated carbocycles. The number of amides is 1. The smallest absolute Gasteiger partial charge is 0.304 e. The highest BCUT2D eigenvalue weighted by molar-refractivity contribution is 7.92. The van der Waals surface area contributed by atoms with Gasteiger partial charge in [-0.05, 0) is 61.1 Å². The number of sulfone groups is 1. The van der Waals surface area contributed by atoms with Crippen LogP contribution < -0.4 is 0 Å². The molecule has 0 radical (unpaired) electrons. The van der Waals surface area contributed by atoms with Crippen molar-refractivity contribution >= 4 is 44.9 Å². The van der Waals surface area contributed by atoms with Crippen LogP contribution in [0.2, 0.25) is 10.0 Å². The van der Waals surface area contributed by atoms with Crippen molar-refractivity contribution in [2.24, 2.45) is 5.41 Å². The van der Waals surface area contributed by atoms with Gasteiger partial charge in [-0.2, -0.15) is 0 Å². The van der Waals surface area contributed by atoms with Crippen molar-refractivity contribution in [3.63, 3.8) is 0 Å². The highest BCUT2D eigenvalue weighted by Crippen LogP contribution is 2.52. The molecule has 4 atom stereocenters. The molecular weight excluding hydrogens is 521 g/mol. The first-order valence-corrected chi connectivity index (χ1v) is 14.7. The third-order valence-corrected chi connectivity index (χ3v) is 10.3. The zero-order valence-electron chi connectivity index (χ0n) is 20.4. The summed E-state index contributed by atoms with van der Waals surface area (Å²) < 4.78 is 26.1. The Morgan fingerprint density at radius 2 is 1.78 bits per heavy atom. The number of halogens is 2. The summed E-state index contributed by atoms with van der Waals surface area (Å²) >= 11 is 12.5. The molecule has 9 heteroatoms. The van der Waals surface area contributed by atoms with E-state index in [1.165, 1.54) is 0 Å². The number of nitrogens with zero attached hydrogens (tertiary/aromatic N) is 1. The minimum Gasteiger partial charge on any atom is -0.481 e. The number of aliphatic carboxylic acids is 1. The molecule has 1 aliphatic carbocycles. The van der Waals surface area contributed by atoms with E-state index in [0.717, 1.165) is 11.1 Å². The molecule has 0 aromatic heterocycles. The minimum absolute atomic E-state index is 0.143. The van der Waals surface area contributed by atoms with E-state index in [2.05, 4.69) is 0 Å². The van der Waals surface area contributed by atoms with E-state index in [4.69, 9.17) is 23.2 Å².